The van der Waals surface area contributed by atoms with Gasteiger partial charge >= 0.3 is 0 Å². The van der Waals surface area contributed by atoms with Gasteiger partial charge < -0.3 is 9.47 Å². The van der Waals surface area contributed by atoms with Crippen molar-refractivity contribution in [3.63, 3.8) is 0 Å². The van der Waals surface area contributed by atoms with E-state index in [1.54, 1.807) is 28.6 Å². The van der Waals surface area contributed by atoms with Crippen LogP contribution in [0, 0.1) is 23.0 Å². The molecule has 1 saturated heterocycles. The molecule has 170 valence electrons. The van der Waals surface area contributed by atoms with Gasteiger partial charge in [0, 0.05) is 43.2 Å². The van der Waals surface area contributed by atoms with Crippen LogP contribution in [-0.2, 0) is 7.05 Å². The third-order valence-corrected chi connectivity index (χ3v) is 6.88. The van der Waals surface area contributed by atoms with Crippen LogP contribution in [0.4, 0.5) is 5.69 Å². The topological polar surface area (TPSA) is 111 Å². The lowest BCUT2D eigenvalue weighted by molar-refractivity contribution is -0.387. The summed E-state index contributed by atoms with van der Waals surface area (Å²) in [7, 11) is 1.75. The van der Waals surface area contributed by atoms with Gasteiger partial charge in [-0.15, -0.1) is 10.2 Å². The second-order valence-electron chi connectivity index (χ2n) is 8.06. The zero-order valence-electron chi connectivity index (χ0n) is 18.3. The number of likely N-dealkylation sites (tertiary alicyclic amines) is 1. The molecule has 1 amide bonds. The first-order valence-electron chi connectivity index (χ1n) is 10.5. The summed E-state index contributed by atoms with van der Waals surface area (Å²) >= 11 is 1.12. The van der Waals surface area contributed by atoms with Gasteiger partial charge in [0.05, 0.1) is 9.82 Å². The van der Waals surface area contributed by atoms with Crippen LogP contribution in [0.1, 0.15) is 39.1 Å². The normalized spacial score (nSPS) is 14.3. The van der Waals surface area contributed by atoms with E-state index in [0.717, 1.165) is 17.3 Å². The molecule has 9 nitrogen and oxygen atoms in total. The fourth-order valence-electron chi connectivity index (χ4n) is 3.82. The number of rotatable bonds is 6. The molecule has 1 aliphatic heterocycles. The predicted octanol–water partition coefficient (Wildman–Crippen LogP) is 3.92. The van der Waals surface area contributed by atoms with E-state index in [1.165, 1.54) is 12.4 Å². The Labute approximate surface area is 195 Å². The molecule has 1 aromatic heterocycles. The summed E-state index contributed by atoms with van der Waals surface area (Å²) < 4.78 is 1.66. The van der Waals surface area contributed by atoms with Gasteiger partial charge in [0.2, 0.25) is 0 Å². The van der Waals surface area contributed by atoms with Crippen molar-refractivity contribution in [1.82, 2.24) is 19.7 Å². The fraction of sp³-hybridized carbons (Fsp3) is 0.304. The van der Waals surface area contributed by atoms with Gasteiger partial charge in [-0.1, -0.05) is 29.8 Å². The van der Waals surface area contributed by atoms with Crippen molar-refractivity contribution < 1.29 is 14.5 Å². The summed E-state index contributed by atoms with van der Waals surface area (Å²) in [5, 5.41) is 19.9. The van der Waals surface area contributed by atoms with Gasteiger partial charge in [0.25, 0.3) is 11.6 Å². The highest BCUT2D eigenvalue weighted by Gasteiger charge is 2.29. The van der Waals surface area contributed by atoms with Crippen LogP contribution < -0.4 is 0 Å². The molecule has 0 unspecified atom stereocenters. The fourth-order valence-corrected chi connectivity index (χ4v) is 4.67. The number of nitro groups is 1. The Balaban J connectivity index is 1.44. The number of hydrogen-bond acceptors (Lipinski definition) is 7. The van der Waals surface area contributed by atoms with E-state index in [1.807, 2.05) is 31.2 Å². The highest BCUT2D eigenvalue weighted by atomic mass is 32.2. The van der Waals surface area contributed by atoms with Crippen LogP contribution in [0.3, 0.4) is 0 Å². The lowest BCUT2D eigenvalue weighted by Crippen LogP contribution is -2.40. The van der Waals surface area contributed by atoms with Gasteiger partial charge in [-0.25, -0.2) is 0 Å². The molecule has 4 rings (SSSR count). The van der Waals surface area contributed by atoms with Crippen molar-refractivity contribution in [2.45, 2.75) is 29.8 Å². The number of nitrogens with zero attached hydrogens (tertiary/aromatic N) is 5. The van der Waals surface area contributed by atoms with Crippen LogP contribution in [0.2, 0.25) is 0 Å². The Hall–Kier alpha value is -3.53. The third kappa shape index (κ3) is 4.95. The van der Waals surface area contributed by atoms with Gasteiger partial charge in [-0.05, 0) is 43.7 Å². The van der Waals surface area contributed by atoms with E-state index in [2.05, 4.69) is 10.2 Å². The van der Waals surface area contributed by atoms with Crippen molar-refractivity contribution in [3.05, 3.63) is 75.6 Å². The number of aromatic nitrogens is 3. The van der Waals surface area contributed by atoms with Gasteiger partial charge in [0.1, 0.15) is 6.33 Å². The van der Waals surface area contributed by atoms with Crippen molar-refractivity contribution in [2.24, 2.45) is 13.0 Å². The first-order chi connectivity index (χ1) is 15.8. The molecule has 0 atom stereocenters. The Morgan fingerprint density at radius 2 is 1.76 bits per heavy atom. The highest BCUT2D eigenvalue weighted by Crippen LogP contribution is 2.34. The molecule has 3 aromatic rings. The Morgan fingerprint density at radius 1 is 1.09 bits per heavy atom. The molecule has 0 aliphatic carbocycles. The number of carbonyl (C=O) groups is 2. The molecule has 2 aromatic carbocycles. The van der Waals surface area contributed by atoms with Gasteiger partial charge in [-0.3, -0.25) is 19.7 Å². The van der Waals surface area contributed by atoms with Crippen molar-refractivity contribution in [2.75, 3.05) is 13.1 Å². The molecule has 0 bridgehead atoms. The number of nitro benzene ring substituents is 1. The molecule has 0 radical (unpaired) electrons. The van der Waals surface area contributed by atoms with Crippen LogP contribution in [0.25, 0.3) is 0 Å². The standard InChI is InChI=1S/C23H23N5O4S/c1-15-3-5-16(6-4-15)21(29)17-9-11-27(12-10-17)22(30)18-7-8-20(19(13-18)28(31)32)33-23-25-24-14-26(23)2/h3-8,13-14,17H,9-12H2,1-2H3. The van der Waals surface area contributed by atoms with Crippen LogP contribution >= 0.6 is 11.8 Å². The molecule has 0 N–H and O–H groups in total. The first kappa shape index (κ1) is 22.7. The molecule has 0 saturated carbocycles. The third-order valence-electron chi connectivity index (χ3n) is 5.76. The molecule has 0 spiro atoms. The van der Waals surface area contributed by atoms with Gasteiger partial charge in [-0.2, -0.15) is 0 Å². The largest absolute Gasteiger partial charge is 0.339 e. The Morgan fingerprint density at radius 3 is 2.36 bits per heavy atom. The average molecular weight is 466 g/mol. The van der Waals surface area contributed by atoms with E-state index < -0.39 is 4.92 Å². The summed E-state index contributed by atoms with van der Waals surface area (Å²) in [6.45, 7) is 2.85. The Kier molecular flexibility index (Phi) is 6.55. The number of carbonyl (C=O) groups excluding carboxylic acids is 2. The first-order valence-corrected chi connectivity index (χ1v) is 11.4. The molecular formula is C23H23N5O4S. The molecule has 1 aliphatic rings. The summed E-state index contributed by atoms with van der Waals surface area (Å²) in [5.74, 6) is -0.298. The lowest BCUT2D eigenvalue weighted by atomic mass is 9.88. The molecule has 10 heteroatoms. The zero-order valence-corrected chi connectivity index (χ0v) is 19.1. The number of benzene rings is 2. The SMILES string of the molecule is Cc1ccc(C(=O)C2CCN(C(=O)c3ccc(Sc4nncn4C)c([N+](=O)[O-])c3)CC2)cc1. The number of Topliss-reactive ketones (excluding diaryl/α,β-unsaturated/α-hetero) is 1. The average Bonchev–Trinajstić information content (AvgIpc) is 3.23. The Bertz CT molecular complexity index is 1200. The number of ketones is 1. The van der Waals surface area contributed by atoms with Crippen molar-refractivity contribution in [3.8, 4) is 0 Å². The molecule has 1 fully saturated rings. The number of amides is 1. The second-order valence-corrected chi connectivity index (χ2v) is 9.07. The molecule has 33 heavy (non-hydrogen) atoms. The maximum atomic E-state index is 13.0. The summed E-state index contributed by atoms with van der Waals surface area (Å²) in [5.41, 5.74) is 1.89. The van der Waals surface area contributed by atoms with E-state index >= 15 is 0 Å². The minimum atomic E-state index is -0.498. The molecule has 2 heterocycles. The number of aryl methyl sites for hydroxylation is 2. The van der Waals surface area contributed by atoms with E-state index in [4.69, 9.17) is 0 Å². The highest BCUT2D eigenvalue weighted by molar-refractivity contribution is 7.99. The van der Waals surface area contributed by atoms with Crippen molar-refractivity contribution in [1.29, 1.82) is 0 Å². The summed E-state index contributed by atoms with van der Waals surface area (Å²) in [6, 6.07) is 12.0. The van der Waals surface area contributed by atoms with Crippen LogP contribution in [0.5, 0.6) is 0 Å². The summed E-state index contributed by atoms with van der Waals surface area (Å²) in [6.07, 6.45) is 2.65. The maximum absolute atomic E-state index is 13.0. The van der Waals surface area contributed by atoms with Gasteiger partial charge in [0.15, 0.2) is 10.9 Å². The zero-order chi connectivity index (χ0) is 23.5. The predicted molar refractivity (Wildman–Crippen MR) is 122 cm³/mol. The summed E-state index contributed by atoms with van der Waals surface area (Å²) in [4.78, 5) is 39.0. The van der Waals surface area contributed by atoms with E-state index in [-0.39, 0.29) is 28.9 Å². The van der Waals surface area contributed by atoms with Crippen LogP contribution in [0.15, 0.2) is 58.8 Å². The van der Waals surface area contributed by atoms with Crippen LogP contribution in [-0.4, -0.2) is 49.4 Å². The van der Waals surface area contributed by atoms with E-state index in [0.29, 0.717) is 41.5 Å². The quantitative estimate of drug-likeness (QED) is 0.308. The maximum Gasteiger partial charge on any atom is 0.284 e. The van der Waals surface area contributed by atoms with E-state index in [9.17, 15) is 19.7 Å². The minimum absolute atomic E-state index is 0.0999. The number of piperidine rings is 1. The molecular weight excluding hydrogens is 442 g/mol. The number of hydrogen-bond donors (Lipinski definition) is 0. The van der Waals surface area contributed by atoms with Crippen molar-refractivity contribution >= 4 is 29.1 Å². The lowest BCUT2D eigenvalue weighted by Gasteiger charge is -2.31. The minimum Gasteiger partial charge on any atom is -0.339 e. The second kappa shape index (κ2) is 9.53. The monoisotopic (exact) mass is 465 g/mol. The smallest absolute Gasteiger partial charge is 0.284 e.